The number of carbonyl (C=O) groups is 2. The molecule has 0 aromatic heterocycles. The molecule has 0 atom stereocenters. The molecule has 7 heteroatoms. The van der Waals surface area contributed by atoms with Gasteiger partial charge in [-0.05, 0) is 66.4 Å². The van der Waals surface area contributed by atoms with E-state index in [0.29, 0.717) is 29.6 Å². The van der Waals surface area contributed by atoms with Gasteiger partial charge in [0.1, 0.15) is 19.0 Å². The first kappa shape index (κ1) is 26.4. The first-order valence-corrected chi connectivity index (χ1v) is 13.6. The third-order valence-corrected chi connectivity index (χ3v) is 7.15. The van der Waals surface area contributed by atoms with Gasteiger partial charge in [-0.3, -0.25) is 14.5 Å². The monoisotopic (exact) mass is 539 g/mol. The molecule has 1 aliphatic rings. The van der Waals surface area contributed by atoms with E-state index in [1.54, 1.807) is 6.08 Å². The number of nitrogens with zero attached hydrogens (tertiary/aromatic N) is 1. The van der Waals surface area contributed by atoms with Gasteiger partial charge >= 0.3 is 0 Å². The van der Waals surface area contributed by atoms with E-state index in [-0.39, 0.29) is 24.3 Å². The van der Waals surface area contributed by atoms with Gasteiger partial charge in [0.05, 0.1) is 18.1 Å². The van der Waals surface area contributed by atoms with Crippen LogP contribution >= 0.6 is 11.8 Å². The van der Waals surface area contributed by atoms with Crippen molar-refractivity contribution in [2.45, 2.75) is 20.5 Å². The maximum atomic E-state index is 13.0. The van der Waals surface area contributed by atoms with Gasteiger partial charge in [0, 0.05) is 5.39 Å². The molecule has 0 N–H and O–H groups in total. The van der Waals surface area contributed by atoms with E-state index in [1.165, 1.54) is 10.5 Å². The Kier molecular flexibility index (Phi) is 8.18. The lowest BCUT2D eigenvalue weighted by molar-refractivity contribution is -0.123. The fourth-order valence-corrected chi connectivity index (χ4v) is 5.24. The van der Waals surface area contributed by atoms with E-state index in [2.05, 4.69) is 6.07 Å². The van der Waals surface area contributed by atoms with Crippen LogP contribution in [0.3, 0.4) is 0 Å². The zero-order chi connectivity index (χ0) is 27.2. The van der Waals surface area contributed by atoms with Gasteiger partial charge in [-0.1, -0.05) is 72.3 Å². The highest BCUT2D eigenvalue weighted by atomic mass is 32.2. The Morgan fingerprint density at radius 1 is 0.821 bits per heavy atom. The summed E-state index contributed by atoms with van der Waals surface area (Å²) >= 11 is 0.929. The van der Waals surface area contributed by atoms with Crippen molar-refractivity contribution in [3.05, 3.63) is 107 Å². The molecule has 0 aliphatic carbocycles. The number of hydrogen-bond donors (Lipinski definition) is 0. The molecular weight excluding hydrogens is 510 g/mol. The molecule has 5 rings (SSSR count). The lowest BCUT2D eigenvalue weighted by Gasteiger charge is -2.14. The van der Waals surface area contributed by atoms with Crippen molar-refractivity contribution in [1.82, 2.24) is 4.90 Å². The van der Waals surface area contributed by atoms with Crippen LogP contribution in [-0.2, 0) is 11.4 Å². The fourth-order valence-electron chi connectivity index (χ4n) is 4.38. The normalized spacial score (nSPS) is 14.3. The minimum Gasteiger partial charge on any atom is -0.491 e. The molecule has 1 fully saturated rings. The molecule has 1 heterocycles. The van der Waals surface area contributed by atoms with E-state index < -0.39 is 0 Å². The molecule has 0 spiro atoms. The van der Waals surface area contributed by atoms with Crippen LogP contribution in [0.1, 0.15) is 23.6 Å². The Morgan fingerprint density at radius 3 is 2.49 bits per heavy atom. The minimum atomic E-state index is -0.329. The average Bonchev–Trinajstić information content (AvgIpc) is 3.20. The number of hydrogen-bond acceptors (Lipinski definition) is 6. The van der Waals surface area contributed by atoms with Crippen LogP contribution in [0.5, 0.6) is 17.2 Å². The van der Waals surface area contributed by atoms with E-state index in [4.69, 9.17) is 14.2 Å². The topological polar surface area (TPSA) is 65.1 Å². The van der Waals surface area contributed by atoms with Crippen molar-refractivity contribution >= 4 is 39.8 Å². The number of aryl methyl sites for hydroxylation is 1. The molecule has 39 heavy (non-hydrogen) atoms. The van der Waals surface area contributed by atoms with Gasteiger partial charge in [0.25, 0.3) is 11.1 Å². The van der Waals surface area contributed by atoms with E-state index in [1.807, 2.05) is 92.7 Å². The third kappa shape index (κ3) is 6.26. The van der Waals surface area contributed by atoms with Crippen molar-refractivity contribution in [1.29, 1.82) is 0 Å². The lowest BCUT2D eigenvalue weighted by atomic mass is 10.1. The predicted octanol–water partition coefficient (Wildman–Crippen LogP) is 7.24. The standard InChI is InChI=1S/C32H29NO5S/c1-3-36-29-19-23(14-15-28(29)38-21-24-9-6-8-22(2)18-24)20-30-31(34)33(32(35)39-30)16-17-37-27-13-7-11-25-10-4-5-12-26(25)27/h4-15,18-20H,3,16-17,21H2,1-2H3/b30-20-. The minimum absolute atomic E-state index is 0.168. The second-order valence-electron chi connectivity index (χ2n) is 9.08. The highest BCUT2D eigenvalue weighted by Gasteiger charge is 2.34. The quantitative estimate of drug-likeness (QED) is 0.198. The first-order valence-electron chi connectivity index (χ1n) is 12.8. The smallest absolute Gasteiger partial charge is 0.293 e. The number of imide groups is 1. The molecule has 2 amide bonds. The molecular formula is C32H29NO5S. The zero-order valence-corrected chi connectivity index (χ0v) is 22.7. The molecule has 1 aliphatic heterocycles. The summed E-state index contributed by atoms with van der Waals surface area (Å²) < 4.78 is 17.8. The number of fused-ring (bicyclic) bond motifs is 1. The van der Waals surface area contributed by atoms with Gasteiger partial charge in [0.15, 0.2) is 11.5 Å². The Bertz CT molecular complexity index is 1540. The molecule has 4 aromatic rings. The van der Waals surface area contributed by atoms with Crippen molar-refractivity contribution < 1.29 is 23.8 Å². The summed E-state index contributed by atoms with van der Waals surface area (Å²) in [4.78, 5) is 27.3. The van der Waals surface area contributed by atoms with E-state index in [9.17, 15) is 9.59 Å². The van der Waals surface area contributed by atoms with Crippen LogP contribution in [0.15, 0.2) is 89.8 Å². The summed E-state index contributed by atoms with van der Waals surface area (Å²) in [5.41, 5.74) is 2.99. The lowest BCUT2D eigenvalue weighted by Crippen LogP contribution is -2.32. The maximum absolute atomic E-state index is 13.0. The van der Waals surface area contributed by atoms with Gasteiger partial charge < -0.3 is 14.2 Å². The molecule has 0 radical (unpaired) electrons. The number of rotatable bonds is 10. The molecule has 4 aromatic carbocycles. The number of benzene rings is 4. The molecule has 0 bridgehead atoms. The van der Waals surface area contributed by atoms with Crippen molar-refractivity contribution in [2.75, 3.05) is 19.8 Å². The van der Waals surface area contributed by atoms with Crippen LogP contribution < -0.4 is 14.2 Å². The molecule has 1 saturated heterocycles. The second kappa shape index (κ2) is 12.1. The number of amides is 2. The molecule has 6 nitrogen and oxygen atoms in total. The maximum Gasteiger partial charge on any atom is 0.293 e. The third-order valence-electron chi connectivity index (χ3n) is 6.24. The number of carbonyl (C=O) groups excluding carboxylic acids is 2. The fraction of sp³-hybridized carbons (Fsp3) is 0.188. The van der Waals surface area contributed by atoms with Crippen molar-refractivity contribution in [3.63, 3.8) is 0 Å². The molecule has 0 saturated carbocycles. The Balaban J connectivity index is 1.25. The van der Waals surface area contributed by atoms with Gasteiger partial charge in [-0.15, -0.1) is 0 Å². The van der Waals surface area contributed by atoms with Gasteiger partial charge in [-0.25, -0.2) is 0 Å². The predicted molar refractivity (Wildman–Crippen MR) is 155 cm³/mol. The summed E-state index contributed by atoms with van der Waals surface area (Å²) in [6.45, 7) is 5.21. The summed E-state index contributed by atoms with van der Waals surface area (Å²) in [6, 6.07) is 27.4. The average molecular weight is 540 g/mol. The van der Waals surface area contributed by atoms with Crippen LogP contribution in [0.25, 0.3) is 16.8 Å². The highest BCUT2D eigenvalue weighted by molar-refractivity contribution is 8.18. The van der Waals surface area contributed by atoms with Crippen molar-refractivity contribution in [3.8, 4) is 17.2 Å². The number of thioether (sulfide) groups is 1. The Morgan fingerprint density at radius 2 is 1.64 bits per heavy atom. The summed E-state index contributed by atoms with van der Waals surface area (Å²) in [6.07, 6.45) is 1.71. The molecule has 0 unspecified atom stereocenters. The first-order chi connectivity index (χ1) is 19.0. The molecule has 198 valence electrons. The van der Waals surface area contributed by atoms with Gasteiger partial charge in [-0.2, -0.15) is 0 Å². The number of ether oxygens (including phenoxy) is 3. The zero-order valence-electron chi connectivity index (χ0n) is 21.9. The Hall–Kier alpha value is -4.23. The second-order valence-corrected chi connectivity index (χ2v) is 10.1. The summed E-state index contributed by atoms with van der Waals surface area (Å²) in [5, 5.41) is 1.75. The SMILES string of the molecule is CCOc1cc(/C=C2\SC(=O)N(CCOc3cccc4ccccc34)C2=O)ccc1OCc1cccc(C)c1. The van der Waals surface area contributed by atoms with E-state index >= 15 is 0 Å². The van der Waals surface area contributed by atoms with Crippen LogP contribution in [0, 0.1) is 6.92 Å². The summed E-state index contributed by atoms with van der Waals surface area (Å²) in [7, 11) is 0. The Labute approximate surface area is 232 Å². The van der Waals surface area contributed by atoms with Crippen LogP contribution in [0.2, 0.25) is 0 Å². The van der Waals surface area contributed by atoms with Crippen LogP contribution in [0.4, 0.5) is 4.79 Å². The highest BCUT2D eigenvalue weighted by Crippen LogP contribution is 2.35. The summed E-state index contributed by atoms with van der Waals surface area (Å²) in [5.74, 6) is 1.60. The van der Waals surface area contributed by atoms with Crippen molar-refractivity contribution in [2.24, 2.45) is 0 Å². The van der Waals surface area contributed by atoms with Gasteiger partial charge in [0.2, 0.25) is 0 Å². The van der Waals surface area contributed by atoms with E-state index in [0.717, 1.165) is 39.4 Å². The largest absolute Gasteiger partial charge is 0.491 e. The van der Waals surface area contributed by atoms with Crippen LogP contribution in [-0.4, -0.2) is 35.8 Å².